The highest BCUT2D eigenvalue weighted by Crippen LogP contribution is 2.17. The van der Waals surface area contributed by atoms with Crippen LogP contribution in [-0.2, 0) is 30.3 Å². The molecule has 46 heavy (non-hydrogen) atoms. The summed E-state index contributed by atoms with van der Waals surface area (Å²) in [6.45, 7) is 7.56. The van der Waals surface area contributed by atoms with Gasteiger partial charge in [0.1, 0.15) is 35.4 Å². The first-order valence-corrected chi connectivity index (χ1v) is 14.3. The van der Waals surface area contributed by atoms with Crippen molar-refractivity contribution in [3.05, 3.63) is 34.9 Å². The Labute approximate surface area is 262 Å². The van der Waals surface area contributed by atoms with Crippen LogP contribution in [0.3, 0.4) is 0 Å². The van der Waals surface area contributed by atoms with E-state index in [0.29, 0.717) is 12.1 Å². The van der Waals surface area contributed by atoms with Crippen LogP contribution >= 0.6 is 0 Å². The van der Waals surface area contributed by atoms with Gasteiger partial charge in [0.15, 0.2) is 0 Å². The van der Waals surface area contributed by atoms with E-state index in [4.69, 9.17) is 14.9 Å². The molecule has 3 atom stereocenters. The molecule has 0 aromatic heterocycles. The molecule has 0 aliphatic carbocycles. The van der Waals surface area contributed by atoms with Crippen molar-refractivity contribution in [2.75, 3.05) is 6.54 Å². The fourth-order valence-electron chi connectivity index (χ4n) is 4.04. The van der Waals surface area contributed by atoms with Gasteiger partial charge in [-0.3, -0.25) is 19.2 Å². The van der Waals surface area contributed by atoms with Crippen LogP contribution in [0.5, 0.6) is 0 Å². The van der Waals surface area contributed by atoms with Crippen LogP contribution < -0.4 is 21.3 Å². The van der Waals surface area contributed by atoms with Crippen molar-refractivity contribution in [1.29, 1.82) is 0 Å². The number of alkyl halides is 2. The summed E-state index contributed by atoms with van der Waals surface area (Å²) in [7, 11) is 0. The Morgan fingerprint density at radius 3 is 1.80 bits per heavy atom. The molecule has 13 nitrogen and oxygen atoms in total. The quantitative estimate of drug-likeness (QED) is 0.136. The summed E-state index contributed by atoms with van der Waals surface area (Å²) in [6.07, 6.45) is -6.72. The summed E-state index contributed by atoms with van der Waals surface area (Å²) in [4.78, 5) is 73.4. The third kappa shape index (κ3) is 14.6. The number of aliphatic carboxylic acids is 1. The highest BCUT2D eigenvalue weighted by Gasteiger charge is 2.32. The molecule has 0 bridgehead atoms. The number of alkyl carbamates (subject to hydrolysis) is 1. The molecule has 0 aliphatic heterocycles. The van der Waals surface area contributed by atoms with Crippen LogP contribution in [0.25, 0.3) is 0 Å². The minimum Gasteiger partial charge on any atom is -0.481 e. The van der Waals surface area contributed by atoms with Crippen LogP contribution in [0.15, 0.2) is 12.1 Å². The summed E-state index contributed by atoms with van der Waals surface area (Å²) in [6, 6.07) is -3.55. The number of carbonyl (C=O) groups excluding carboxylic acids is 4. The molecule has 0 saturated heterocycles. The van der Waals surface area contributed by atoms with Crippen LogP contribution in [0.1, 0.15) is 76.2 Å². The maximum atomic E-state index is 14.2. The van der Waals surface area contributed by atoms with Crippen molar-refractivity contribution in [3.63, 3.8) is 0 Å². The van der Waals surface area contributed by atoms with Crippen LogP contribution in [0, 0.1) is 17.6 Å². The van der Waals surface area contributed by atoms with Gasteiger partial charge in [0.2, 0.25) is 24.1 Å². The molecule has 1 aromatic rings. The van der Waals surface area contributed by atoms with Gasteiger partial charge in [0.05, 0.1) is 5.56 Å². The number of rotatable bonds is 17. The van der Waals surface area contributed by atoms with Gasteiger partial charge in [-0.1, -0.05) is 13.8 Å². The summed E-state index contributed by atoms with van der Waals surface area (Å²) in [5.41, 5.74) is -2.15. The van der Waals surface area contributed by atoms with E-state index in [2.05, 4.69) is 21.3 Å². The number of hydrogen-bond donors (Lipinski definition) is 6. The minimum absolute atomic E-state index is 0.0520. The van der Waals surface area contributed by atoms with E-state index in [1.54, 1.807) is 34.6 Å². The molecule has 258 valence electrons. The third-order valence-electron chi connectivity index (χ3n) is 6.10. The molecule has 1 aromatic carbocycles. The number of halogens is 4. The Morgan fingerprint density at radius 1 is 0.826 bits per heavy atom. The Balaban J connectivity index is 3.06. The predicted octanol–water partition coefficient (Wildman–Crippen LogP) is 2.75. The highest BCUT2D eigenvalue weighted by molar-refractivity contribution is 5.94. The van der Waals surface area contributed by atoms with Crippen molar-refractivity contribution in [1.82, 2.24) is 21.3 Å². The smallest absolute Gasteiger partial charge is 0.408 e. The Kier molecular flexibility index (Phi) is 15.4. The summed E-state index contributed by atoms with van der Waals surface area (Å²) in [5, 5.41) is 26.9. The minimum atomic E-state index is -3.08. The summed E-state index contributed by atoms with van der Waals surface area (Å²) >= 11 is 0. The van der Waals surface area contributed by atoms with Crippen LogP contribution in [0.4, 0.5) is 22.4 Å². The standard InChI is InChI=1S/C29H40F4N4O9/c1-14(2)10-20(35-25(41)19(6-7-23(38)39)37-28(45)46-29(3,4)5)26(42)36-21(13-22(32)33)24(40)34-9-8-16-17(30)11-15(27(43)44)12-18(16)31/h11-12,14,19-22H,6-10,13H2,1-5H3,(H,34,40)(H,35,41)(H,36,42)(H,37,45)(H,38,39)(H,43,44)/t19-,20-,21-/m0/s1. The van der Waals surface area contributed by atoms with Gasteiger partial charge in [-0.15, -0.1) is 0 Å². The Morgan fingerprint density at radius 2 is 1.35 bits per heavy atom. The number of hydrogen-bond acceptors (Lipinski definition) is 7. The lowest BCUT2D eigenvalue weighted by Crippen LogP contribution is -2.57. The van der Waals surface area contributed by atoms with Crippen molar-refractivity contribution in [3.8, 4) is 0 Å². The van der Waals surface area contributed by atoms with Gasteiger partial charge in [0.25, 0.3) is 0 Å². The summed E-state index contributed by atoms with van der Waals surface area (Å²) in [5.74, 6) is -8.63. The molecule has 1 rings (SSSR count). The predicted molar refractivity (Wildman–Crippen MR) is 154 cm³/mol. The number of carboxylic acids is 2. The fraction of sp³-hybridized carbons (Fsp3) is 0.586. The van der Waals surface area contributed by atoms with Gasteiger partial charge in [0, 0.05) is 24.9 Å². The van der Waals surface area contributed by atoms with Gasteiger partial charge >= 0.3 is 18.0 Å². The largest absolute Gasteiger partial charge is 0.481 e. The zero-order valence-electron chi connectivity index (χ0n) is 26.0. The van der Waals surface area contributed by atoms with Crippen molar-refractivity contribution < 1.29 is 61.3 Å². The van der Waals surface area contributed by atoms with E-state index in [-0.39, 0.29) is 18.8 Å². The average Bonchev–Trinajstić information content (AvgIpc) is 2.89. The van der Waals surface area contributed by atoms with Crippen LogP contribution in [-0.4, -0.2) is 82.7 Å². The maximum absolute atomic E-state index is 14.2. The number of aromatic carboxylic acids is 1. The molecule has 0 spiro atoms. The molecule has 0 heterocycles. The molecule has 0 saturated carbocycles. The molecular formula is C29H40F4N4O9. The maximum Gasteiger partial charge on any atom is 0.408 e. The van der Waals surface area contributed by atoms with E-state index in [9.17, 15) is 46.3 Å². The zero-order chi connectivity index (χ0) is 35.4. The fourth-order valence-corrected chi connectivity index (χ4v) is 4.04. The van der Waals surface area contributed by atoms with Gasteiger partial charge in [-0.25, -0.2) is 27.2 Å². The first-order valence-electron chi connectivity index (χ1n) is 14.3. The number of ether oxygens (including phenoxy) is 1. The molecule has 0 unspecified atom stereocenters. The molecule has 4 amide bonds. The van der Waals surface area contributed by atoms with E-state index in [0.717, 1.165) is 0 Å². The number of amides is 4. The van der Waals surface area contributed by atoms with E-state index < -0.39 is 114 Å². The monoisotopic (exact) mass is 664 g/mol. The first-order chi connectivity index (χ1) is 21.2. The van der Waals surface area contributed by atoms with E-state index in [1.807, 2.05) is 0 Å². The van der Waals surface area contributed by atoms with Gasteiger partial charge in [-0.05, 0) is 58.1 Å². The number of carboxylic acid groups (broad SMARTS) is 2. The average molecular weight is 665 g/mol. The lowest BCUT2D eigenvalue weighted by atomic mass is 10.0. The second-order valence-corrected chi connectivity index (χ2v) is 11.8. The zero-order valence-corrected chi connectivity index (χ0v) is 26.0. The third-order valence-corrected chi connectivity index (χ3v) is 6.10. The Hall–Kier alpha value is -4.44. The van der Waals surface area contributed by atoms with Crippen LogP contribution in [0.2, 0.25) is 0 Å². The molecule has 17 heteroatoms. The number of carbonyl (C=O) groups is 6. The SMILES string of the molecule is CC(C)C[C@H](NC(=O)[C@H](CCC(=O)O)NC(=O)OC(C)(C)C)C(=O)N[C@@H](CC(F)F)C(=O)NCCc1c(F)cc(C(=O)O)cc1F. The highest BCUT2D eigenvalue weighted by atomic mass is 19.3. The number of nitrogens with one attached hydrogen (secondary N) is 4. The van der Waals surface area contributed by atoms with E-state index >= 15 is 0 Å². The van der Waals surface area contributed by atoms with Crippen molar-refractivity contribution in [2.24, 2.45) is 5.92 Å². The number of benzene rings is 1. The summed E-state index contributed by atoms with van der Waals surface area (Å²) < 4.78 is 60.3. The van der Waals surface area contributed by atoms with Gasteiger partial charge < -0.3 is 36.2 Å². The molecular weight excluding hydrogens is 624 g/mol. The van der Waals surface area contributed by atoms with Gasteiger partial charge in [-0.2, -0.15) is 0 Å². The second kappa shape index (κ2) is 17.9. The molecule has 6 N–H and O–H groups in total. The Bertz CT molecular complexity index is 1250. The molecule has 0 fully saturated rings. The van der Waals surface area contributed by atoms with E-state index in [1.165, 1.54) is 0 Å². The molecule has 0 radical (unpaired) electrons. The lowest BCUT2D eigenvalue weighted by molar-refractivity contribution is -0.137. The van der Waals surface area contributed by atoms with Crippen molar-refractivity contribution >= 4 is 35.8 Å². The normalized spacial score (nSPS) is 13.4. The second-order valence-electron chi connectivity index (χ2n) is 11.8. The lowest BCUT2D eigenvalue weighted by Gasteiger charge is -2.27. The molecule has 0 aliphatic rings. The van der Waals surface area contributed by atoms with Crippen molar-refractivity contribution in [2.45, 2.75) is 96.9 Å². The first kappa shape index (κ1) is 39.6. The topological polar surface area (TPSA) is 200 Å².